The van der Waals surface area contributed by atoms with E-state index in [1.165, 1.54) is 0 Å². The van der Waals surface area contributed by atoms with E-state index in [1.54, 1.807) is 14.2 Å². The highest BCUT2D eigenvalue weighted by atomic mass is 16.5. The lowest BCUT2D eigenvalue weighted by Gasteiger charge is -2.33. The highest BCUT2D eigenvalue weighted by molar-refractivity contribution is 5.53. The van der Waals surface area contributed by atoms with Gasteiger partial charge in [0.1, 0.15) is 5.75 Å². The van der Waals surface area contributed by atoms with Crippen LogP contribution >= 0.6 is 0 Å². The van der Waals surface area contributed by atoms with E-state index in [2.05, 4.69) is 22.0 Å². The molecular weight excluding hydrogens is 294 g/mol. The maximum Gasteiger partial charge on any atom is 0.247 e. The monoisotopic (exact) mass is 317 g/mol. The molecule has 2 heterocycles. The topological polar surface area (TPSA) is 60.6 Å². The van der Waals surface area contributed by atoms with Crippen LogP contribution in [-0.4, -0.2) is 48.5 Å². The van der Waals surface area contributed by atoms with Crippen molar-refractivity contribution >= 4 is 0 Å². The first-order valence-corrected chi connectivity index (χ1v) is 7.96. The third-order valence-corrected chi connectivity index (χ3v) is 4.49. The summed E-state index contributed by atoms with van der Waals surface area (Å²) in [7, 11) is 3.43. The van der Waals surface area contributed by atoms with Crippen LogP contribution in [0.1, 0.15) is 31.7 Å². The summed E-state index contributed by atoms with van der Waals surface area (Å²) in [5.41, 5.74) is 0.898. The van der Waals surface area contributed by atoms with Crippen LogP contribution in [0, 0.1) is 0 Å². The zero-order valence-electron chi connectivity index (χ0n) is 13.9. The number of piperidine rings is 1. The van der Waals surface area contributed by atoms with E-state index in [1.807, 2.05) is 24.3 Å². The fourth-order valence-corrected chi connectivity index (χ4v) is 2.91. The van der Waals surface area contributed by atoms with Crippen molar-refractivity contribution in [1.29, 1.82) is 0 Å². The first-order valence-electron chi connectivity index (χ1n) is 7.96. The zero-order chi connectivity index (χ0) is 16.2. The number of methoxy groups -OCH3 is 2. The van der Waals surface area contributed by atoms with Crippen LogP contribution in [0.25, 0.3) is 11.5 Å². The lowest BCUT2D eigenvalue weighted by Crippen LogP contribution is -2.38. The molecule has 0 N–H and O–H groups in total. The van der Waals surface area contributed by atoms with Crippen molar-refractivity contribution in [3.8, 4) is 17.2 Å². The SMILES string of the molecule is COc1ccc(-c2nnc(C(C)N3CCC(OC)CC3)o2)cc1. The van der Waals surface area contributed by atoms with Gasteiger partial charge in [-0.2, -0.15) is 0 Å². The van der Waals surface area contributed by atoms with E-state index >= 15 is 0 Å². The molecule has 1 aliphatic rings. The van der Waals surface area contributed by atoms with Gasteiger partial charge in [-0.3, -0.25) is 4.90 Å². The molecule has 1 saturated heterocycles. The Labute approximate surface area is 136 Å². The minimum atomic E-state index is 0.118. The van der Waals surface area contributed by atoms with Crippen LogP contribution in [0.5, 0.6) is 5.75 Å². The van der Waals surface area contributed by atoms with E-state index in [0.717, 1.165) is 37.2 Å². The molecule has 23 heavy (non-hydrogen) atoms. The van der Waals surface area contributed by atoms with Crippen LogP contribution in [0.2, 0.25) is 0 Å². The van der Waals surface area contributed by atoms with Crippen LogP contribution in [0.4, 0.5) is 0 Å². The van der Waals surface area contributed by atoms with Crippen molar-refractivity contribution in [2.45, 2.75) is 31.9 Å². The summed E-state index contributed by atoms with van der Waals surface area (Å²) in [6.07, 6.45) is 2.46. The molecule has 6 nitrogen and oxygen atoms in total. The Kier molecular flexibility index (Phi) is 4.93. The Hall–Kier alpha value is -1.92. The maximum absolute atomic E-state index is 5.88. The van der Waals surface area contributed by atoms with Crippen LogP contribution in [0.15, 0.2) is 28.7 Å². The van der Waals surface area contributed by atoms with E-state index in [0.29, 0.717) is 17.9 Å². The molecule has 124 valence electrons. The molecule has 1 fully saturated rings. The molecule has 3 rings (SSSR count). The van der Waals surface area contributed by atoms with E-state index in [-0.39, 0.29) is 6.04 Å². The number of ether oxygens (including phenoxy) is 2. The Morgan fingerprint density at radius 1 is 1.13 bits per heavy atom. The lowest BCUT2D eigenvalue weighted by molar-refractivity contribution is 0.0256. The molecule has 1 aliphatic heterocycles. The second-order valence-electron chi connectivity index (χ2n) is 5.82. The Morgan fingerprint density at radius 3 is 2.43 bits per heavy atom. The molecule has 6 heteroatoms. The molecule has 0 aliphatic carbocycles. The molecule has 0 spiro atoms. The quantitative estimate of drug-likeness (QED) is 0.845. The molecule has 0 saturated carbocycles. The number of nitrogens with zero attached hydrogens (tertiary/aromatic N) is 3. The van der Waals surface area contributed by atoms with E-state index in [4.69, 9.17) is 13.9 Å². The largest absolute Gasteiger partial charge is 0.497 e. The van der Waals surface area contributed by atoms with Crippen LogP contribution in [-0.2, 0) is 4.74 Å². The standard InChI is InChI=1S/C17H23N3O3/c1-12(20-10-8-15(22-3)9-11-20)16-18-19-17(23-16)13-4-6-14(21-2)7-5-13/h4-7,12,15H,8-11H2,1-3H3. The zero-order valence-corrected chi connectivity index (χ0v) is 13.9. The van der Waals surface area contributed by atoms with Gasteiger partial charge >= 0.3 is 0 Å². The highest BCUT2D eigenvalue weighted by Crippen LogP contribution is 2.27. The van der Waals surface area contributed by atoms with E-state index < -0.39 is 0 Å². The number of hydrogen-bond donors (Lipinski definition) is 0. The van der Waals surface area contributed by atoms with Gasteiger partial charge in [-0.25, -0.2) is 0 Å². The lowest BCUT2D eigenvalue weighted by atomic mass is 10.1. The first-order chi connectivity index (χ1) is 11.2. The number of hydrogen-bond acceptors (Lipinski definition) is 6. The summed E-state index contributed by atoms with van der Waals surface area (Å²) in [6, 6.07) is 7.73. The molecule has 0 bridgehead atoms. The van der Waals surface area contributed by atoms with Crippen molar-refractivity contribution in [1.82, 2.24) is 15.1 Å². The fourth-order valence-electron chi connectivity index (χ4n) is 2.91. The Morgan fingerprint density at radius 2 is 1.83 bits per heavy atom. The second kappa shape index (κ2) is 7.10. The summed E-state index contributed by atoms with van der Waals surface area (Å²) in [5.74, 6) is 2.01. The Balaban J connectivity index is 1.68. The molecule has 1 aromatic carbocycles. The summed E-state index contributed by atoms with van der Waals surface area (Å²) in [4.78, 5) is 2.36. The predicted molar refractivity (Wildman–Crippen MR) is 86.3 cm³/mol. The number of benzene rings is 1. The van der Waals surface area contributed by atoms with Crippen molar-refractivity contribution in [2.75, 3.05) is 27.3 Å². The van der Waals surface area contributed by atoms with Gasteiger partial charge in [-0.15, -0.1) is 10.2 Å². The van der Waals surface area contributed by atoms with Crippen molar-refractivity contribution in [3.05, 3.63) is 30.2 Å². The molecule has 0 radical (unpaired) electrons. The summed E-state index contributed by atoms with van der Waals surface area (Å²) in [5, 5.41) is 8.41. The minimum absolute atomic E-state index is 0.118. The number of rotatable bonds is 5. The number of likely N-dealkylation sites (tertiary alicyclic amines) is 1. The number of aromatic nitrogens is 2. The fraction of sp³-hybridized carbons (Fsp3) is 0.529. The van der Waals surface area contributed by atoms with Gasteiger partial charge in [0.25, 0.3) is 0 Å². The van der Waals surface area contributed by atoms with Gasteiger partial charge in [0, 0.05) is 25.8 Å². The van der Waals surface area contributed by atoms with Gasteiger partial charge < -0.3 is 13.9 Å². The molecule has 1 aromatic heterocycles. The van der Waals surface area contributed by atoms with Crippen molar-refractivity contribution < 1.29 is 13.9 Å². The third-order valence-electron chi connectivity index (χ3n) is 4.49. The Bertz CT molecular complexity index is 618. The second-order valence-corrected chi connectivity index (χ2v) is 5.82. The van der Waals surface area contributed by atoms with Crippen molar-refractivity contribution in [3.63, 3.8) is 0 Å². The van der Waals surface area contributed by atoms with Crippen molar-refractivity contribution in [2.24, 2.45) is 0 Å². The first kappa shape index (κ1) is 16.0. The summed E-state index contributed by atoms with van der Waals surface area (Å²) in [6.45, 7) is 4.08. The van der Waals surface area contributed by atoms with Crippen LogP contribution in [0.3, 0.4) is 0 Å². The normalized spacial score (nSPS) is 18.0. The van der Waals surface area contributed by atoms with E-state index in [9.17, 15) is 0 Å². The van der Waals surface area contributed by atoms with Gasteiger partial charge in [-0.05, 0) is 44.0 Å². The van der Waals surface area contributed by atoms with Gasteiger partial charge in [-0.1, -0.05) is 0 Å². The van der Waals surface area contributed by atoms with Gasteiger partial charge in [0.05, 0.1) is 19.3 Å². The maximum atomic E-state index is 5.88. The van der Waals surface area contributed by atoms with Gasteiger partial charge in [0.2, 0.25) is 11.8 Å². The smallest absolute Gasteiger partial charge is 0.247 e. The predicted octanol–water partition coefficient (Wildman–Crippen LogP) is 2.92. The third kappa shape index (κ3) is 3.54. The average molecular weight is 317 g/mol. The molecule has 1 atom stereocenters. The molecule has 1 unspecified atom stereocenters. The van der Waals surface area contributed by atoms with Crippen LogP contribution < -0.4 is 4.74 Å². The average Bonchev–Trinajstić information content (AvgIpc) is 3.11. The highest BCUT2D eigenvalue weighted by Gasteiger charge is 2.26. The summed E-state index contributed by atoms with van der Waals surface area (Å²) < 4.78 is 16.5. The minimum Gasteiger partial charge on any atom is -0.497 e. The molecule has 0 amide bonds. The summed E-state index contributed by atoms with van der Waals surface area (Å²) >= 11 is 0. The molecule has 2 aromatic rings. The van der Waals surface area contributed by atoms with Gasteiger partial charge in [0.15, 0.2) is 0 Å². The molecular formula is C17H23N3O3.